The zero-order chi connectivity index (χ0) is 23.0. The molecule has 1 spiro atoms. The van der Waals surface area contributed by atoms with Crippen molar-refractivity contribution in [3.8, 4) is 5.75 Å². The maximum atomic E-state index is 13.0. The number of fused-ring (bicyclic) bond motifs is 2. The number of rotatable bonds is 4. The van der Waals surface area contributed by atoms with Gasteiger partial charge >= 0.3 is 0 Å². The topological polar surface area (TPSA) is 94.7 Å². The number of Topliss-reactive ketones (excluding diaryl/α,β-unsaturated/α-hetero) is 1. The number of aromatic amines is 1. The Morgan fingerprint density at radius 1 is 1.21 bits per heavy atom. The average molecular weight is 446 g/mol. The summed E-state index contributed by atoms with van der Waals surface area (Å²) in [5, 5.41) is 9.83. The van der Waals surface area contributed by atoms with Crippen LogP contribution in [0.25, 0.3) is 17.0 Å². The molecule has 3 N–H and O–H groups in total. The van der Waals surface area contributed by atoms with Gasteiger partial charge in [0.2, 0.25) is 0 Å². The van der Waals surface area contributed by atoms with Crippen molar-refractivity contribution in [2.24, 2.45) is 0 Å². The number of ketones is 1. The SMILES string of the molecule is CC(c1cc2ccccc2[nH]1)N1CCC2(CC1)CC(=O)c1cc(C=CC(=O)NO)ccc1O2. The van der Waals surface area contributed by atoms with E-state index in [-0.39, 0.29) is 11.8 Å². The number of likely N-dealkylation sites (tertiary alicyclic amines) is 1. The highest BCUT2D eigenvalue weighted by molar-refractivity contribution is 6.01. The van der Waals surface area contributed by atoms with Gasteiger partial charge in [-0.25, -0.2) is 5.48 Å². The quantitative estimate of drug-likeness (QED) is 0.317. The Labute approximate surface area is 192 Å². The number of nitrogens with zero attached hydrogens (tertiary/aromatic N) is 1. The number of nitrogens with one attached hydrogen (secondary N) is 2. The van der Waals surface area contributed by atoms with Gasteiger partial charge in [-0.2, -0.15) is 0 Å². The summed E-state index contributed by atoms with van der Waals surface area (Å²) in [6.45, 7) is 3.93. The van der Waals surface area contributed by atoms with E-state index in [0.29, 0.717) is 23.3 Å². The van der Waals surface area contributed by atoms with Gasteiger partial charge < -0.3 is 9.72 Å². The van der Waals surface area contributed by atoms with E-state index in [1.54, 1.807) is 29.8 Å². The molecule has 1 aromatic heterocycles. The monoisotopic (exact) mass is 445 g/mol. The molecule has 170 valence electrons. The summed E-state index contributed by atoms with van der Waals surface area (Å²) in [5.74, 6) is 0.0463. The first-order valence-electron chi connectivity index (χ1n) is 11.3. The number of H-pyrrole nitrogens is 1. The van der Waals surface area contributed by atoms with Crippen molar-refractivity contribution in [2.75, 3.05) is 13.1 Å². The fourth-order valence-electron chi connectivity index (χ4n) is 4.94. The van der Waals surface area contributed by atoms with E-state index in [2.05, 4.69) is 41.1 Å². The fraction of sp³-hybridized carbons (Fsp3) is 0.308. The molecule has 7 nitrogen and oxygen atoms in total. The van der Waals surface area contributed by atoms with Gasteiger partial charge in [0.1, 0.15) is 11.4 Å². The molecule has 0 saturated carbocycles. The van der Waals surface area contributed by atoms with Crippen LogP contribution < -0.4 is 10.2 Å². The number of hydrogen-bond acceptors (Lipinski definition) is 5. The van der Waals surface area contributed by atoms with Gasteiger partial charge in [-0.15, -0.1) is 0 Å². The molecule has 2 aromatic carbocycles. The number of aromatic nitrogens is 1. The molecule has 1 saturated heterocycles. The third kappa shape index (κ3) is 4.17. The summed E-state index contributed by atoms with van der Waals surface area (Å²) in [6, 6.07) is 16.1. The Balaban J connectivity index is 1.28. The lowest BCUT2D eigenvalue weighted by molar-refractivity contribution is -0.124. The first-order valence-corrected chi connectivity index (χ1v) is 11.3. The van der Waals surface area contributed by atoms with Crippen LogP contribution in [0, 0.1) is 0 Å². The van der Waals surface area contributed by atoms with E-state index >= 15 is 0 Å². The van der Waals surface area contributed by atoms with Crippen molar-refractivity contribution in [3.63, 3.8) is 0 Å². The van der Waals surface area contributed by atoms with Crippen molar-refractivity contribution < 1.29 is 19.5 Å². The Bertz CT molecular complexity index is 1200. The van der Waals surface area contributed by atoms with Crippen LogP contribution in [0.2, 0.25) is 0 Å². The zero-order valence-electron chi connectivity index (χ0n) is 18.5. The van der Waals surface area contributed by atoms with E-state index in [1.165, 1.54) is 17.2 Å². The normalized spacial score (nSPS) is 18.9. The summed E-state index contributed by atoms with van der Waals surface area (Å²) < 4.78 is 6.42. The van der Waals surface area contributed by atoms with Gasteiger partial charge in [0.05, 0.1) is 12.0 Å². The number of hydroxylamine groups is 1. The minimum Gasteiger partial charge on any atom is -0.486 e. The number of carbonyl (C=O) groups is 2. The third-order valence-corrected chi connectivity index (χ3v) is 6.91. The van der Waals surface area contributed by atoms with Crippen molar-refractivity contribution in [2.45, 2.75) is 37.8 Å². The predicted molar refractivity (Wildman–Crippen MR) is 125 cm³/mol. The minimum atomic E-state index is -0.623. The number of ether oxygens (including phenoxy) is 1. The van der Waals surface area contributed by atoms with Gasteiger partial charge in [-0.05, 0) is 48.2 Å². The second-order valence-corrected chi connectivity index (χ2v) is 8.97. The molecular formula is C26H27N3O4. The van der Waals surface area contributed by atoms with Crippen LogP contribution in [0.3, 0.4) is 0 Å². The van der Waals surface area contributed by atoms with Crippen LogP contribution in [0.5, 0.6) is 5.75 Å². The van der Waals surface area contributed by atoms with Crippen LogP contribution in [0.1, 0.15) is 53.8 Å². The molecule has 0 bridgehead atoms. The highest BCUT2D eigenvalue weighted by atomic mass is 16.5. The molecule has 1 fully saturated rings. The Morgan fingerprint density at radius 3 is 2.76 bits per heavy atom. The van der Waals surface area contributed by atoms with Gasteiger partial charge in [0, 0.05) is 49.3 Å². The molecule has 33 heavy (non-hydrogen) atoms. The molecule has 1 atom stereocenters. The second-order valence-electron chi connectivity index (χ2n) is 8.97. The standard InChI is InChI=1S/C26H27N3O4/c1-17(22-15-19-4-2-3-5-21(19)27-22)29-12-10-26(11-13-29)16-23(30)20-14-18(6-8-24(20)33-26)7-9-25(31)28-32/h2-9,14-15,17,27,32H,10-13,16H2,1H3,(H,28,31). The lowest BCUT2D eigenvalue weighted by atomic mass is 9.81. The van der Waals surface area contributed by atoms with Gasteiger partial charge in [0.25, 0.3) is 5.91 Å². The van der Waals surface area contributed by atoms with Gasteiger partial charge in [-0.3, -0.25) is 19.7 Å². The molecule has 2 aliphatic heterocycles. The van der Waals surface area contributed by atoms with Crippen molar-refractivity contribution in [3.05, 3.63) is 71.4 Å². The average Bonchev–Trinajstić information content (AvgIpc) is 3.27. The summed E-state index contributed by atoms with van der Waals surface area (Å²) in [4.78, 5) is 30.2. The molecule has 2 aliphatic rings. The predicted octanol–water partition coefficient (Wildman–Crippen LogP) is 4.25. The minimum absolute atomic E-state index is 0.0650. The number of amides is 1. The third-order valence-electron chi connectivity index (χ3n) is 6.91. The number of carbonyl (C=O) groups excluding carboxylic acids is 2. The molecule has 3 heterocycles. The van der Waals surface area contributed by atoms with Crippen LogP contribution >= 0.6 is 0 Å². The smallest absolute Gasteiger partial charge is 0.267 e. The van der Waals surface area contributed by atoms with Gasteiger partial charge in [0.15, 0.2) is 5.78 Å². The molecule has 0 aliphatic carbocycles. The Kier molecular flexibility index (Phi) is 5.52. The Morgan fingerprint density at radius 2 is 2.00 bits per heavy atom. The summed E-state index contributed by atoms with van der Waals surface area (Å²) >= 11 is 0. The molecule has 1 unspecified atom stereocenters. The van der Waals surface area contributed by atoms with E-state index in [9.17, 15) is 9.59 Å². The highest BCUT2D eigenvalue weighted by Crippen LogP contribution is 2.41. The van der Waals surface area contributed by atoms with E-state index in [1.807, 2.05) is 6.07 Å². The molecule has 0 radical (unpaired) electrons. The van der Waals surface area contributed by atoms with E-state index in [0.717, 1.165) is 31.4 Å². The summed E-state index contributed by atoms with van der Waals surface area (Å²) in [7, 11) is 0. The molecular weight excluding hydrogens is 418 g/mol. The molecule has 1 amide bonds. The maximum Gasteiger partial charge on any atom is 0.267 e. The lowest BCUT2D eigenvalue weighted by Crippen LogP contribution is -2.51. The first kappa shape index (κ1) is 21.4. The summed E-state index contributed by atoms with van der Waals surface area (Å²) in [6.07, 6.45) is 4.70. The maximum absolute atomic E-state index is 13.0. The van der Waals surface area contributed by atoms with Crippen LogP contribution in [-0.4, -0.2) is 45.5 Å². The van der Waals surface area contributed by atoms with Crippen molar-refractivity contribution >= 4 is 28.7 Å². The molecule has 3 aromatic rings. The molecule has 7 heteroatoms. The van der Waals surface area contributed by atoms with Gasteiger partial charge in [-0.1, -0.05) is 24.3 Å². The van der Waals surface area contributed by atoms with Crippen molar-refractivity contribution in [1.82, 2.24) is 15.4 Å². The number of para-hydroxylation sites is 1. The van der Waals surface area contributed by atoms with Crippen LogP contribution in [-0.2, 0) is 4.79 Å². The van der Waals surface area contributed by atoms with Crippen molar-refractivity contribution in [1.29, 1.82) is 0 Å². The summed E-state index contributed by atoms with van der Waals surface area (Å²) in [5.41, 5.74) is 4.68. The zero-order valence-corrected chi connectivity index (χ0v) is 18.5. The van der Waals surface area contributed by atoms with Crippen LogP contribution in [0.15, 0.2) is 54.6 Å². The number of piperidine rings is 1. The second kappa shape index (κ2) is 8.50. The highest BCUT2D eigenvalue weighted by Gasteiger charge is 2.43. The largest absolute Gasteiger partial charge is 0.486 e. The Hall–Kier alpha value is -3.42. The van der Waals surface area contributed by atoms with E-state index in [4.69, 9.17) is 9.94 Å². The first-order chi connectivity index (χ1) is 16.0. The van der Waals surface area contributed by atoms with Crippen LogP contribution in [0.4, 0.5) is 0 Å². The van der Waals surface area contributed by atoms with E-state index < -0.39 is 11.5 Å². The molecule has 5 rings (SSSR count). The fourth-order valence-corrected chi connectivity index (χ4v) is 4.94. The number of benzene rings is 2. The lowest BCUT2D eigenvalue weighted by Gasteiger charge is -2.45. The number of hydrogen-bond donors (Lipinski definition) is 3.